The van der Waals surface area contributed by atoms with Gasteiger partial charge in [0.15, 0.2) is 11.4 Å². The SMILES string of the molecule is CCOC(=O)C1=C(c2ccccc2)N=c2s/c(=C\c3cc(I)c(OCC#N)c(I)c3)c(=O)n2[C@@H]1c1ccc(SC)cc1. The minimum Gasteiger partial charge on any atom is -0.477 e. The molecule has 0 saturated heterocycles. The highest BCUT2D eigenvalue weighted by Crippen LogP contribution is 2.36. The Morgan fingerprint density at radius 3 is 2.45 bits per heavy atom. The number of benzene rings is 3. The molecule has 2 heterocycles. The van der Waals surface area contributed by atoms with Crippen LogP contribution in [0.1, 0.15) is 29.7 Å². The van der Waals surface area contributed by atoms with Gasteiger partial charge in [-0.25, -0.2) is 9.79 Å². The number of fused-ring (bicyclic) bond motifs is 1. The highest BCUT2D eigenvalue weighted by Gasteiger charge is 2.35. The summed E-state index contributed by atoms with van der Waals surface area (Å²) in [5, 5.41) is 8.91. The Morgan fingerprint density at radius 2 is 1.83 bits per heavy atom. The maximum atomic E-state index is 14.1. The third-order valence-corrected chi connectivity index (χ3v) is 9.73. The lowest BCUT2D eigenvalue weighted by Crippen LogP contribution is -2.40. The van der Waals surface area contributed by atoms with Crippen LogP contribution in [0.5, 0.6) is 5.75 Å². The molecule has 1 aliphatic rings. The molecule has 212 valence electrons. The average molecular weight is 819 g/mol. The number of thiazole rings is 1. The van der Waals surface area contributed by atoms with E-state index in [0.29, 0.717) is 26.4 Å². The van der Waals surface area contributed by atoms with E-state index in [1.54, 1.807) is 23.3 Å². The molecular formula is C31H23I2N3O4S2. The number of rotatable bonds is 8. The summed E-state index contributed by atoms with van der Waals surface area (Å²) in [4.78, 5) is 34.2. The van der Waals surface area contributed by atoms with E-state index < -0.39 is 12.0 Å². The lowest BCUT2D eigenvalue weighted by atomic mass is 9.93. The minimum absolute atomic E-state index is 0.0472. The van der Waals surface area contributed by atoms with Crippen molar-refractivity contribution in [2.75, 3.05) is 19.5 Å². The quantitative estimate of drug-likeness (QED) is 0.128. The van der Waals surface area contributed by atoms with E-state index in [2.05, 4.69) is 45.2 Å². The molecule has 0 amide bonds. The molecule has 0 aliphatic carbocycles. The van der Waals surface area contributed by atoms with Crippen molar-refractivity contribution < 1.29 is 14.3 Å². The van der Waals surface area contributed by atoms with Gasteiger partial charge < -0.3 is 9.47 Å². The topological polar surface area (TPSA) is 93.7 Å². The number of thioether (sulfide) groups is 1. The predicted octanol–water partition coefficient (Wildman–Crippen LogP) is 5.77. The number of hydrogen-bond donors (Lipinski definition) is 0. The van der Waals surface area contributed by atoms with Crippen molar-refractivity contribution in [3.63, 3.8) is 0 Å². The van der Waals surface area contributed by atoms with Crippen LogP contribution >= 0.6 is 68.3 Å². The summed E-state index contributed by atoms with van der Waals surface area (Å²) < 4.78 is 14.9. The second kappa shape index (κ2) is 13.6. The lowest BCUT2D eigenvalue weighted by Gasteiger charge is -2.26. The summed E-state index contributed by atoms with van der Waals surface area (Å²) in [6.45, 7) is 1.91. The number of nitrogens with zero attached hydrogens (tertiary/aromatic N) is 3. The van der Waals surface area contributed by atoms with Crippen molar-refractivity contribution in [1.82, 2.24) is 4.57 Å². The Balaban J connectivity index is 1.76. The number of nitriles is 1. The molecule has 5 rings (SSSR count). The number of hydrogen-bond acceptors (Lipinski definition) is 8. The van der Waals surface area contributed by atoms with Crippen LogP contribution in [-0.2, 0) is 9.53 Å². The fourth-order valence-corrected chi connectivity index (χ4v) is 8.14. The summed E-state index contributed by atoms with van der Waals surface area (Å²) in [5.41, 5.74) is 2.93. The molecule has 3 aromatic carbocycles. The van der Waals surface area contributed by atoms with Gasteiger partial charge in [0.05, 0.1) is 35.6 Å². The normalized spacial score (nSPS) is 14.6. The van der Waals surface area contributed by atoms with Crippen LogP contribution in [0.15, 0.2) is 87.0 Å². The molecule has 0 N–H and O–H groups in total. The molecule has 42 heavy (non-hydrogen) atoms. The first-order chi connectivity index (χ1) is 20.4. The fraction of sp³-hybridized carbons (Fsp3) is 0.161. The van der Waals surface area contributed by atoms with Gasteiger partial charge in [-0.05, 0) is 99.8 Å². The van der Waals surface area contributed by atoms with Gasteiger partial charge in [-0.1, -0.05) is 53.8 Å². The first-order valence-electron chi connectivity index (χ1n) is 12.8. The zero-order valence-corrected chi connectivity index (χ0v) is 28.4. The summed E-state index contributed by atoms with van der Waals surface area (Å²) >= 11 is 7.23. The van der Waals surface area contributed by atoms with Gasteiger partial charge in [-0.15, -0.1) is 11.8 Å². The van der Waals surface area contributed by atoms with Crippen LogP contribution in [-0.4, -0.2) is 30.0 Å². The summed E-state index contributed by atoms with van der Waals surface area (Å²) in [5.74, 6) is 0.127. The molecule has 4 aromatic rings. The van der Waals surface area contributed by atoms with Gasteiger partial charge in [0.25, 0.3) is 5.56 Å². The largest absolute Gasteiger partial charge is 0.477 e. The third-order valence-electron chi connectivity index (χ3n) is 6.40. The second-order valence-electron chi connectivity index (χ2n) is 8.97. The Bertz CT molecular complexity index is 1890. The van der Waals surface area contributed by atoms with Crippen molar-refractivity contribution in [3.8, 4) is 11.8 Å². The van der Waals surface area contributed by atoms with E-state index in [0.717, 1.165) is 28.7 Å². The number of aromatic nitrogens is 1. The first-order valence-corrected chi connectivity index (χ1v) is 17.0. The highest BCUT2D eigenvalue weighted by atomic mass is 127. The molecule has 0 bridgehead atoms. The van der Waals surface area contributed by atoms with E-state index in [1.165, 1.54) is 11.3 Å². The molecule has 7 nitrogen and oxygen atoms in total. The Labute approximate surface area is 277 Å². The van der Waals surface area contributed by atoms with Crippen molar-refractivity contribution in [1.29, 1.82) is 5.26 Å². The molecule has 1 aliphatic heterocycles. The molecule has 1 atom stereocenters. The predicted molar refractivity (Wildman–Crippen MR) is 182 cm³/mol. The molecule has 0 fully saturated rings. The van der Waals surface area contributed by atoms with Crippen LogP contribution < -0.4 is 19.6 Å². The molecule has 0 saturated carbocycles. The van der Waals surface area contributed by atoms with Crippen molar-refractivity contribution in [2.24, 2.45) is 4.99 Å². The van der Waals surface area contributed by atoms with Gasteiger partial charge in [0.2, 0.25) is 0 Å². The zero-order chi connectivity index (χ0) is 29.8. The number of halogens is 2. The number of carbonyl (C=O) groups is 1. The van der Waals surface area contributed by atoms with Crippen molar-refractivity contribution >= 4 is 86.0 Å². The molecular weight excluding hydrogens is 796 g/mol. The molecule has 0 unspecified atom stereocenters. The molecule has 1 aromatic heterocycles. The molecule has 0 spiro atoms. The lowest BCUT2D eigenvalue weighted by molar-refractivity contribution is -0.138. The van der Waals surface area contributed by atoms with Gasteiger partial charge in [-0.3, -0.25) is 9.36 Å². The van der Waals surface area contributed by atoms with Gasteiger partial charge in [-0.2, -0.15) is 5.26 Å². The number of ether oxygens (including phenoxy) is 2. The van der Waals surface area contributed by atoms with E-state index in [4.69, 9.17) is 19.7 Å². The van der Waals surface area contributed by atoms with Gasteiger partial charge in [0, 0.05) is 10.5 Å². The van der Waals surface area contributed by atoms with Gasteiger partial charge in [0.1, 0.15) is 11.8 Å². The van der Waals surface area contributed by atoms with Crippen molar-refractivity contribution in [3.05, 3.63) is 116 Å². The minimum atomic E-state index is -0.726. The first kappa shape index (κ1) is 30.5. The maximum absolute atomic E-state index is 14.1. The molecule has 11 heteroatoms. The second-order valence-corrected chi connectivity index (χ2v) is 13.2. The monoisotopic (exact) mass is 819 g/mol. The Morgan fingerprint density at radius 1 is 1.14 bits per heavy atom. The van der Waals surface area contributed by atoms with Crippen LogP contribution in [0, 0.1) is 18.5 Å². The summed E-state index contributed by atoms with van der Waals surface area (Å²) in [7, 11) is 0. The summed E-state index contributed by atoms with van der Waals surface area (Å²) in [6, 6.07) is 22.5. The average Bonchev–Trinajstić information content (AvgIpc) is 3.30. The summed E-state index contributed by atoms with van der Waals surface area (Å²) in [6.07, 6.45) is 3.83. The zero-order valence-electron chi connectivity index (χ0n) is 22.5. The van der Waals surface area contributed by atoms with Crippen molar-refractivity contribution in [2.45, 2.75) is 17.9 Å². The Hall–Kier alpha value is -2.93. The molecule has 0 radical (unpaired) electrons. The smallest absolute Gasteiger partial charge is 0.338 e. The Kier molecular flexibility index (Phi) is 9.87. The van der Waals surface area contributed by atoms with Crippen LogP contribution in [0.4, 0.5) is 0 Å². The van der Waals surface area contributed by atoms with Crippen LogP contribution in [0.3, 0.4) is 0 Å². The van der Waals surface area contributed by atoms with Gasteiger partial charge >= 0.3 is 5.97 Å². The van der Waals surface area contributed by atoms with E-state index >= 15 is 0 Å². The van der Waals surface area contributed by atoms with Crippen LogP contribution in [0.25, 0.3) is 11.8 Å². The van der Waals surface area contributed by atoms with Crippen LogP contribution in [0.2, 0.25) is 0 Å². The third kappa shape index (κ3) is 6.22. The fourth-order valence-electron chi connectivity index (χ4n) is 4.60. The van der Waals surface area contributed by atoms with E-state index in [1.807, 2.05) is 85.1 Å². The van der Waals surface area contributed by atoms with E-state index in [-0.39, 0.29) is 18.8 Å². The highest BCUT2D eigenvalue weighted by molar-refractivity contribution is 14.1. The number of carbonyl (C=O) groups excluding carboxylic acids is 1. The standard InChI is InChI=1S/C31H23I2N3O4S2/c1-3-39-30(38)25-26(19-7-5-4-6-8-19)35-31-36(27(25)20-9-11-21(41-2)12-10-20)29(37)24(42-31)17-18-15-22(32)28(23(33)16-18)40-14-13-34/h4-12,15-17,27H,3,14H2,1-2H3/b24-17-/t27-/m1/s1. The maximum Gasteiger partial charge on any atom is 0.338 e. The number of esters is 1. The van der Waals surface area contributed by atoms with E-state index in [9.17, 15) is 9.59 Å².